The topological polar surface area (TPSA) is 41.1 Å². The molecule has 6 heteroatoms. The van der Waals surface area contributed by atoms with E-state index in [2.05, 4.69) is 62.6 Å². The van der Waals surface area contributed by atoms with E-state index in [-0.39, 0.29) is 29.2 Å². The van der Waals surface area contributed by atoms with Crippen molar-refractivity contribution < 1.29 is 13.6 Å². The first-order valence-electron chi connectivity index (χ1n) is 10.7. The lowest BCUT2D eigenvalue weighted by molar-refractivity contribution is -0.119. The highest BCUT2D eigenvalue weighted by molar-refractivity contribution is 7.81. The first-order chi connectivity index (χ1) is 14.5. The molecule has 31 heavy (non-hydrogen) atoms. The molecule has 0 aliphatic heterocycles. The van der Waals surface area contributed by atoms with Crippen molar-refractivity contribution in [2.75, 3.05) is 6.54 Å². The molecule has 3 nitrogen and oxygen atoms in total. The molecule has 0 spiro atoms. The van der Waals surface area contributed by atoms with E-state index in [1.54, 1.807) is 0 Å². The molecule has 0 bridgehead atoms. The standard InChI is InChI=1S/C25H34F2N2OS/c1-16(2)9-18-7-6-8-20(10-18)25(4,5)28-15-24(31)23(29-17(3)30)13-19-11-21(26)14-22(27)12-19/h6-8,10-12,14,16,23-24,28,31H,9,13,15H2,1-5H3,(H,29,30)/t23-,24-/m0/s1. The van der Waals surface area contributed by atoms with Gasteiger partial charge in [0.2, 0.25) is 5.91 Å². The molecule has 2 N–H and O–H groups in total. The van der Waals surface area contributed by atoms with Crippen LogP contribution in [0.25, 0.3) is 0 Å². The zero-order chi connectivity index (χ0) is 23.2. The summed E-state index contributed by atoms with van der Waals surface area (Å²) < 4.78 is 27.2. The fraction of sp³-hybridized carbons (Fsp3) is 0.480. The van der Waals surface area contributed by atoms with Crippen LogP contribution in [0.1, 0.15) is 51.3 Å². The fourth-order valence-corrected chi connectivity index (χ4v) is 3.96. The summed E-state index contributed by atoms with van der Waals surface area (Å²) in [5.74, 6) is -0.888. The molecule has 0 heterocycles. The molecule has 2 rings (SSSR count). The zero-order valence-corrected chi connectivity index (χ0v) is 19.9. The molecule has 0 saturated heterocycles. The molecule has 0 aliphatic rings. The number of amides is 1. The lowest BCUT2D eigenvalue weighted by Crippen LogP contribution is -2.49. The first kappa shape index (κ1) is 25.3. The van der Waals surface area contributed by atoms with Gasteiger partial charge in [-0.2, -0.15) is 12.6 Å². The second-order valence-corrected chi connectivity index (χ2v) is 9.82. The summed E-state index contributed by atoms with van der Waals surface area (Å²) in [6.45, 7) is 10.6. The van der Waals surface area contributed by atoms with E-state index >= 15 is 0 Å². The van der Waals surface area contributed by atoms with E-state index in [0.29, 0.717) is 18.0 Å². The van der Waals surface area contributed by atoms with Crippen molar-refractivity contribution in [1.82, 2.24) is 10.6 Å². The van der Waals surface area contributed by atoms with Gasteiger partial charge in [0.05, 0.1) is 0 Å². The quantitative estimate of drug-likeness (QED) is 0.446. The normalized spacial score (nSPS) is 13.8. The molecule has 2 atom stereocenters. The van der Waals surface area contributed by atoms with Crippen LogP contribution in [-0.4, -0.2) is 23.7 Å². The summed E-state index contributed by atoms with van der Waals surface area (Å²) in [4.78, 5) is 11.7. The van der Waals surface area contributed by atoms with Crippen LogP contribution >= 0.6 is 12.6 Å². The molecule has 1 amide bonds. The Bertz CT molecular complexity index is 865. The van der Waals surface area contributed by atoms with Crippen LogP contribution in [-0.2, 0) is 23.2 Å². The molecule has 0 fully saturated rings. The van der Waals surface area contributed by atoms with Crippen LogP contribution in [0, 0.1) is 17.6 Å². The SMILES string of the molecule is CC(=O)N[C@@H](Cc1cc(F)cc(F)c1)[C@@H](S)CNC(C)(C)c1cccc(CC(C)C)c1. The predicted octanol–water partition coefficient (Wildman–Crippen LogP) is 5.03. The van der Waals surface area contributed by atoms with Crippen LogP contribution in [0.3, 0.4) is 0 Å². The molecule has 0 unspecified atom stereocenters. The van der Waals surface area contributed by atoms with Gasteiger partial charge in [-0.1, -0.05) is 38.1 Å². The Morgan fingerprint density at radius 2 is 1.68 bits per heavy atom. The summed E-state index contributed by atoms with van der Waals surface area (Å²) in [7, 11) is 0. The fourth-order valence-electron chi connectivity index (χ4n) is 3.69. The van der Waals surface area contributed by atoms with E-state index in [1.165, 1.54) is 30.2 Å². The highest BCUT2D eigenvalue weighted by Crippen LogP contribution is 2.23. The second-order valence-electron chi connectivity index (χ2n) is 9.16. The highest BCUT2D eigenvalue weighted by atomic mass is 32.1. The predicted molar refractivity (Wildman–Crippen MR) is 126 cm³/mol. The van der Waals surface area contributed by atoms with E-state index in [0.717, 1.165) is 12.5 Å². The minimum Gasteiger partial charge on any atom is -0.352 e. The van der Waals surface area contributed by atoms with E-state index < -0.39 is 11.6 Å². The van der Waals surface area contributed by atoms with Crippen LogP contribution in [0.2, 0.25) is 0 Å². The smallest absolute Gasteiger partial charge is 0.217 e. The van der Waals surface area contributed by atoms with E-state index in [4.69, 9.17) is 12.6 Å². The Hall–Kier alpha value is -1.92. The number of nitrogens with one attached hydrogen (secondary N) is 2. The van der Waals surface area contributed by atoms with Crippen molar-refractivity contribution >= 4 is 18.5 Å². The lowest BCUT2D eigenvalue weighted by atomic mass is 9.90. The molecule has 0 radical (unpaired) electrons. The van der Waals surface area contributed by atoms with Crippen molar-refractivity contribution in [3.05, 3.63) is 70.8 Å². The van der Waals surface area contributed by atoms with Gasteiger partial charge in [-0.3, -0.25) is 4.79 Å². The molecular weight excluding hydrogens is 414 g/mol. The van der Waals surface area contributed by atoms with Gasteiger partial charge >= 0.3 is 0 Å². The Kier molecular flexibility index (Phi) is 9.07. The van der Waals surface area contributed by atoms with Gasteiger partial charge in [-0.15, -0.1) is 0 Å². The summed E-state index contributed by atoms with van der Waals surface area (Å²) in [5.41, 5.74) is 2.65. The minimum atomic E-state index is -0.632. The third-order valence-corrected chi connectivity index (χ3v) is 5.82. The summed E-state index contributed by atoms with van der Waals surface area (Å²) >= 11 is 4.71. The summed E-state index contributed by atoms with van der Waals surface area (Å²) in [6, 6.07) is 11.6. The van der Waals surface area contributed by atoms with Gasteiger partial charge < -0.3 is 10.6 Å². The molecule has 170 valence electrons. The minimum absolute atomic E-state index is 0.207. The van der Waals surface area contributed by atoms with Gasteiger partial charge in [-0.25, -0.2) is 8.78 Å². The average molecular weight is 449 g/mol. The molecule has 0 saturated carbocycles. The van der Waals surface area contributed by atoms with Crippen molar-refractivity contribution in [3.63, 3.8) is 0 Å². The molecule has 2 aromatic carbocycles. The number of carbonyl (C=O) groups excluding carboxylic acids is 1. The number of carbonyl (C=O) groups is 1. The Morgan fingerprint density at radius 1 is 1.03 bits per heavy atom. The molecule has 0 aliphatic carbocycles. The number of hydrogen-bond donors (Lipinski definition) is 3. The van der Waals surface area contributed by atoms with Gasteiger partial charge in [-0.05, 0) is 61.4 Å². The molecule has 2 aromatic rings. The van der Waals surface area contributed by atoms with Crippen LogP contribution in [0.15, 0.2) is 42.5 Å². The van der Waals surface area contributed by atoms with Crippen molar-refractivity contribution in [2.45, 2.75) is 64.3 Å². The molecule has 0 aromatic heterocycles. The third kappa shape index (κ3) is 8.26. The maximum atomic E-state index is 13.6. The van der Waals surface area contributed by atoms with Crippen LogP contribution < -0.4 is 10.6 Å². The van der Waals surface area contributed by atoms with Crippen molar-refractivity contribution in [1.29, 1.82) is 0 Å². The van der Waals surface area contributed by atoms with Gasteiger partial charge in [0.1, 0.15) is 11.6 Å². The number of hydrogen-bond acceptors (Lipinski definition) is 3. The summed E-state index contributed by atoms with van der Waals surface area (Å²) in [5, 5.41) is 6.16. The number of rotatable bonds is 10. The Balaban J connectivity index is 2.10. The number of halogens is 2. The third-order valence-electron chi connectivity index (χ3n) is 5.28. The second kappa shape index (κ2) is 11.1. The lowest BCUT2D eigenvalue weighted by Gasteiger charge is -2.32. The van der Waals surface area contributed by atoms with E-state index in [9.17, 15) is 13.6 Å². The monoisotopic (exact) mass is 448 g/mol. The Labute approximate surface area is 190 Å². The van der Waals surface area contributed by atoms with Gasteiger partial charge in [0.25, 0.3) is 0 Å². The zero-order valence-electron chi connectivity index (χ0n) is 19.0. The van der Waals surface area contributed by atoms with Gasteiger partial charge in [0, 0.05) is 36.4 Å². The number of benzene rings is 2. The number of thiol groups is 1. The highest BCUT2D eigenvalue weighted by Gasteiger charge is 2.25. The Morgan fingerprint density at radius 3 is 2.26 bits per heavy atom. The van der Waals surface area contributed by atoms with Crippen LogP contribution in [0.4, 0.5) is 8.78 Å². The maximum absolute atomic E-state index is 13.6. The summed E-state index contributed by atoms with van der Waals surface area (Å²) in [6.07, 6.45) is 1.31. The van der Waals surface area contributed by atoms with Crippen molar-refractivity contribution in [3.8, 4) is 0 Å². The van der Waals surface area contributed by atoms with Crippen LogP contribution in [0.5, 0.6) is 0 Å². The average Bonchev–Trinajstić information content (AvgIpc) is 2.64. The maximum Gasteiger partial charge on any atom is 0.217 e. The van der Waals surface area contributed by atoms with E-state index in [1.807, 2.05) is 0 Å². The molecular formula is C25H34F2N2OS. The first-order valence-corrected chi connectivity index (χ1v) is 11.2. The van der Waals surface area contributed by atoms with Gasteiger partial charge in [0.15, 0.2) is 0 Å². The largest absolute Gasteiger partial charge is 0.352 e. The van der Waals surface area contributed by atoms with Crippen molar-refractivity contribution in [2.24, 2.45) is 5.92 Å².